The lowest BCUT2D eigenvalue weighted by atomic mass is 10.1. The Hall–Kier alpha value is -2.41. The largest absolute Gasteiger partial charge is 0.459 e. The van der Waals surface area contributed by atoms with Gasteiger partial charge < -0.3 is 14.5 Å². The van der Waals surface area contributed by atoms with Crippen LogP contribution in [0.3, 0.4) is 0 Å². The molecule has 7 heteroatoms. The number of carbonyl (C=O) groups excluding carboxylic acids is 3. The number of hydrogen-bond donors (Lipinski definition) is 1. The van der Waals surface area contributed by atoms with Crippen LogP contribution in [0.2, 0.25) is 0 Å². The number of amides is 1. The van der Waals surface area contributed by atoms with Crippen LogP contribution >= 0.6 is 11.3 Å². The van der Waals surface area contributed by atoms with E-state index in [1.165, 1.54) is 24.5 Å². The minimum absolute atomic E-state index is 0.168. The van der Waals surface area contributed by atoms with E-state index in [0.717, 1.165) is 29.7 Å². The third-order valence-corrected chi connectivity index (χ3v) is 4.71. The maximum atomic E-state index is 12.3. The molecule has 120 valence electrons. The van der Waals surface area contributed by atoms with E-state index in [-0.39, 0.29) is 18.2 Å². The van der Waals surface area contributed by atoms with Gasteiger partial charge in [-0.15, -0.1) is 11.3 Å². The summed E-state index contributed by atoms with van der Waals surface area (Å²) < 4.78 is 10.1. The SMILES string of the molecule is CC(=O)COC(=O)c1c(NC(=O)c2ccco2)sc2c1CCC2. The second-order valence-corrected chi connectivity index (χ2v) is 6.38. The molecule has 1 amide bonds. The smallest absolute Gasteiger partial charge is 0.341 e. The molecule has 0 unspecified atom stereocenters. The second-order valence-electron chi connectivity index (χ2n) is 5.27. The molecular formula is C16H15NO5S. The van der Waals surface area contributed by atoms with Gasteiger partial charge in [-0.1, -0.05) is 0 Å². The average Bonchev–Trinajstić information content (AvgIpc) is 3.20. The molecule has 0 saturated carbocycles. The van der Waals surface area contributed by atoms with Gasteiger partial charge in [-0.2, -0.15) is 0 Å². The van der Waals surface area contributed by atoms with Crippen molar-refractivity contribution in [3.05, 3.63) is 40.2 Å². The van der Waals surface area contributed by atoms with Gasteiger partial charge >= 0.3 is 5.97 Å². The lowest BCUT2D eigenvalue weighted by Crippen LogP contribution is -2.16. The molecule has 0 bridgehead atoms. The van der Waals surface area contributed by atoms with Gasteiger partial charge in [0.25, 0.3) is 5.91 Å². The van der Waals surface area contributed by atoms with Crippen LogP contribution in [-0.2, 0) is 22.4 Å². The number of Topliss-reactive ketones (excluding diaryl/α,β-unsaturated/α-hetero) is 1. The van der Waals surface area contributed by atoms with Gasteiger partial charge in [0.15, 0.2) is 11.5 Å². The molecule has 0 spiro atoms. The van der Waals surface area contributed by atoms with E-state index in [9.17, 15) is 14.4 Å². The highest BCUT2D eigenvalue weighted by molar-refractivity contribution is 7.17. The number of rotatable bonds is 5. The maximum Gasteiger partial charge on any atom is 0.341 e. The van der Waals surface area contributed by atoms with E-state index in [0.29, 0.717) is 10.6 Å². The molecule has 0 saturated heterocycles. The molecule has 2 aromatic heterocycles. The van der Waals surface area contributed by atoms with E-state index in [1.54, 1.807) is 12.1 Å². The van der Waals surface area contributed by atoms with Gasteiger partial charge in [-0.25, -0.2) is 4.79 Å². The average molecular weight is 333 g/mol. The van der Waals surface area contributed by atoms with E-state index in [1.807, 2.05) is 0 Å². The molecular weight excluding hydrogens is 318 g/mol. The Morgan fingerprint density at radius 2 is 2.17 bits per heavy atom. The minimum atomic E-state index is -0.575. The van der Waals surface area contributed by atoms with Crippen LogP contribution in [0.25, 0.3) is 0 Å². The molecule has 2 heterocycles. The number of hydrogen-bond acceptors (Lipinski definition) is 6. The first-order valence-corrected chi connectivity index (χ1v) is 8.04. The van der Waals surface area contributed by atoms with Crippen molar-refractivity contribution in [2.45, 2.75) is 26.2 Å². The van der Waals surface area contributed by atoms with Gasteiger partial charge in [0, 0.05) is 4.88 Å². The number of fused-ring (bicyclic) bond motifs is 1. The number of nitrogens with one attached hydrogen (secondary N) is 1. The zero-order valence-electron chi connectivity index (χ0n) is 12.5. The Balaban J connectivity index is 1.86. The third kappa shape index (κ3) is 3.19. The van der Waals surface area contributed by atoms with Crippen LogP contribution in [0.15, 0.2) is 22.8 Å². The highest BCUT2D eigenvalue weighted by atomic mass is 32.1. The van der Waals surface area contributed by atoms with E-state index < -0.39 is 11.9 Å². The molecule has 6 nitrogen and oxygen atoms in total. The number of thiophene rings is 1. The van der Waals surface area contributed by atoms with E-state index >= 15 is 0 Å². The molecule has 0 aliphatic heterocycles. The Labute approximate surface area is 136 Å². The predicted octanol–water partition coefficient (Wildman–Crippen LogP) is 2.83. The molecule has 0 radical (unpaired) electrons. The van der Waals surface area contributed by atoms with Gasteiger partial charge in [-0.05, 0) is 43.9 Å². The molecule has 1 aliphatic rings. The molecule has 1 aliphatic carbocycles. The fraction of sp³-hybridized carbons (Fsp3) is 0.312. The molecule has 0 atom stereocenters. The first kappa shape index (κ1) is 15.5. The number of furan rings is 1. The van der Waals surface area contributed by atoms with Crippen molar-refractivity contribution < 1.29 is 23.5 Å². The summed E-state index contributed by atoms with van der Waals surface area (Å²) in [5, 5.41) is 3.16. The minimum Gasteiger partial charge on any atom is -0.459 e. The van der Waals surface area contributed by atoms with E-state index in [4.69, 9.17) is 9.15 Å². The molecule has 0 fully saturated rings. The van der Waals surface area contributed by atoms with E-state index in [2.05, 4.69) is 5.32 Å². The van der Waals surface area contributed by atoms with Crippen LogP contribution in [-0.4, -0.2) is 24.3 Å². The molecule has 2 aromatic rings. The maximum absolute atomic E-state index is 12.3. The number of aryl methyl sites for hydroxylation is 1. The zero-order chi connectivity index (χ0) is 16.4. The van der Waals surface area contributed by atoms with Crippen LogP contribution in [0.5, 0.6) is 0 Å². The number of ether oxygens (including phenoxy) is 1. The molecule has 1 N–H and O–H groups in total. The molecule has 23 heavy (non-hydrogen) atoms. The standard InChI is InChI=1S/C16H15NO5S/c1-9(18)8-22-16(20)13-10-4-2-6-12(10)23-15(13)17-14(19)11-5-3-7-21-11/h3,5,7H,2,4,6,8H2,1H3,(H,17,19). The molecule has 3 rings (SSSR count). The molecule has 0 aromatic carbocycles. The monoisotopic (exact) mass is 333 g/mol. The Morgan fingerprint density at radius 1 is 1.35 bits per heavy atom. The lowest BCUT2D eigenvalue weighted by Gasteiger charge is -2.07. The van der Waals surface area contributed by atoms with Crippen LogP contribution in [0.4, 0.5) is 5.00 Å². The van der Waals surface area contributed by atoms with Crippen molar-refractivity contribution in [2.75, 3.05) is 11.9 Å². The highest BCUT2D eigenvalue weighted by Gasteiger charge is 2.29. The fourth-order valence-corrected chi connectivity index (χ4v) is 3.79. The third-order valence-electron chi connectivity index (χ3n) is 3.50. The van der Waals surface area contributed by atoms with Crippen LogP contribution in [0, 0.1) is 0 Å². The Bertz CT molecular complexity index is 760. The topological polar surface area (TPSA) is 85.6 Å². The second kappa shape index (κ2) is 6.37. The predicted molar refractivity (Wildman–Crippen MR) is 84.0 cm³/mol. The van der Waals surface area contributed by atoms with Crippen LogP contribution in [0.1, 0.15) is 44.7 Å². The lowest BCUT2D eigenvalue weighted by molar-refractivity contribution is -0.120. The zero-order valence-corrected chi connectivity index (χ0v) is 13.3. The number of anilines is 1. The number of carbonyl (C=O) groups is 3. The van der Waals surface area contributed by atoms with Crippen molar-refractivity contribution >= 4 is 34.0 Å². The van der Waals surface area contributed by atoms with Crippen molar-refractivity contribution in [3.63, 3.8) is 0 Å². The van der Waals surface area contributed by atoms with Crippen molar-refractivity contribution in [1.29, 1.82) is 0 Å². The quantitative estimate of drug-likeness (QED) is 0.850. The summed E-state index contributed by atoms with van der Waals surface area (Å²) >= 11 is 1.38. The summed E-state index contributed by atoms with van der Waals surface area (Å²) in [6.45, 7) is 1.08. The summed E-state index contributed by atoms with van der Waals surface area (Å²) in [6.07, 6.45) is 4.03. The van der Waals surface area contributed by atoms with Gasteiger partial charge in [0.2, 0.25) is 0 Å². The van der Waals surface area contributed by atoms with Gasteiger partial charge in [0.1, 0.15) is 11.6 Å². The summed E-state index contributed by atoms with van der Waals surface area (Å²) in [5.74, 6) is -1.06. The van der Waals surface area contributed by atoms with Gasteiger partial charge in [-0.3, -0.25) is 9.59 Å². The number of ketones is 1. The normalized spacial score (nSPS) is 12.7. The van der Waals surface area contributed by atoms with Gasteiger partial charge in [0.05, 0.1) is 11.8 Å². The van der Waals surface area contributed by atoms with Crippen LogP contribution < -0.4 is 5.32 Å². The van der Waals surface area contributed by atoms with Crippen molar-refractivity contribution in [1.82, 2.24) is 0 Å². The van der Waals surface area contributed by atoms with Crippen molar-refractivity contribution in [3.8, 4) is 0 Å². The summed E-state index contributed by atoms with van der Waals surface area (Å²) in [6, 6.07) is 3.16. The highest BCUT2D eigenvalue weighted by Crippen LogP contribution is 2.39. The summed E-state index contributed by atoms with van der Waals surface area (Å²) in [5.41, 5.74) is 1.28. The summed E-state index contributed by atoms with van der Waals surface area (Å²) in [7, 11) is 0. The Kier molecular flexibility index (Phi) is 4.29. The summed E-state index contributed by atoms with van der Waals surface area (Å²) in [4.78, 5) is 36.5. The fourth-order valence-electron chi connectivity index (χ4n) is 2.52. The first-order chi connectivity index (χ1) is 11.1. The Morgan fingerprint density at radius 3 is 2.87 bits per heavy atom. The number of esters is 1. The first-order valence-electron chi connectivity index (χ1n) is 7.22. The van der Waals surface area contributed by atoms with Crippen molar-refractivity contribution in [2.24, 2.45) is 0 Å².